The monoisotopic (exact) mass is 379 g/mol. The summed E-state index contributed by atoms with van der Waals surface area (Å²) in [5.74, 6) is 1.47. The number of halogens is 2. The van der Waals surface area contributed by atoms with Crippen LogP contribution < -0.4 is 0 Å². The van der Waals surface area contributed by atoms with E-state index in [0.29, 0.717) is 11.8 Å². The first-order valence-corrected chi connectivity index (χ1v) is 8.13. The van der Waals surface area contributed by atoms with Gasteiger partial charge in [-0.05, 0) is 56.2 Å². The number of hydrogen-bond donors (Lipinski definition) is 0. The molecule has 1 amide bonds. The van der Waals surface area contributed by atoms with E-state index in [0.717, 1.165) is 32.6 Å². The minimum Gasteiger partial charge on any atom is -0.338 e. The van der Waals surface area contributed by atoms with Gasteiger partial charge in [-0.2, -0.15) is 0 Å². The van der Waals surface area contributed by atoms with E-state index < -0.39 is 0 Å². The largest absolute Gasteiger partial charge is 0.338 e. The molecule has 94 valence electrons. The van der Waals surface area contributed by atoms with Crippen LogP contribution in [0, 0.1) is 11.8 Å². The van der Waals surface area contributed by atoms with Gasteiger partial charge in [0.15, 0.2) is 0 Å². The van der Waals surface area contributed by atoms with Crippen molar-refractivity contribution in [3.8, 4) is 0 Å². The summed E-state index contributed by atoms with van der Waals surface area (Å²) >= 11 is 8.41. The van der Waals surface area contributed by atoms with Gasteiger partial charge in [0, 0.05) is 13.1 Å². The van der Waals surface area contributed by atoms with Gasteiger partial charge in [-0.15, -0.1) is 11.3 Å². The van der Waals surface area contributed by atoms with Gasteiger partial charge in [0.25, 0.3) is 5.91 Å². The Hall–Kier alpha value is 0.130. The molecule has 5 heteroatoms. The Kier molecular flexibility index (Phi) is 4.31. The molecule has 0 N–H and O–H groups in total. The van der Waals surface area contributed by atoms with Crippen molar-refractivity contribution in [1.29, 1.82) is 0 Å². The third-order valence-corrected chi connectivity index (χ3v) is 5.68. The molecule has 2 rings (SSSR count). The molecule has 0 spiro atoms. The van der Waals surface area contributed by atoms with Gasteiger partial charge in [-0.3, -0.25) is 4.79 Å². The lowest BCUT2D eigenvalue weighted by atomic mass is 9.95. The van der Waals surface area contributed by atoms with E-state index in [1.807, 2.05) is 11.0 Å². The summed E-state index contributed by atoms with van der Waals surface area (Å²) in [7, 11) is 0. The zero-order chi connectivity index (χ0) is 12.6. The lowest BCUT2D eigenvalue weighted by Crippen LogP contribution is -2.29. The predicted molar refractivity (Wildman–Crippen MR) is 78.6 cm³/mol. The summed E-state index contributed by atoms with van der Waals surface area (Å²) in [5.41, 5.74) is 0.784. The molecule has 0 aromatic carbocycles. The minimum absolute atomic E-state index is 0.155. The van der Waals surface area contributed by atoms with Gasteiger partial charge >= 0.3 is 0 Å². The first-order valence-electron chi connectivity index (χ1n) is 5.73. The van der Waals surface area contributed by atoms with E-state index in [1.165, 1.54) is 0 Å². The molecular weight excluding hydrogens is 366 g/mol. The molecule has 1 aromatic rings. The van der Waals surface area contributed by atoms with Crippen LogP contribution in [-0.4, -0.2) is 23.9 Å². The Bertz CT molecular complexity index is 430. The van der Waals surface area contributed by atoms with Gasteiger partial charge in [-0.1, -0.05) is 13.8 Å². The van der Waals surface area contributed by atoms with Crippen LogP contribution in [0.25, 0.3) is 0 Å². The molecule has 1 fully saturated rings. The second kappa shape index (κ2) is 5.41. The highest BCUT2D eigenvalue weighted by Gasteiger charge is 2.29. The predicted octanol–water partition coefficient (Wildman–Crippen LogP) is 4.39. The second-order valence-electron chi connectivity index (χ2n) is 4.78. The molecule has 1 aliphatic heterocycles. The highest BCUT2D eigenvalue weighted by atomic mass is 79.9. The minimum atomic E-state index is 0.155. The molecule has 1 aromatic heterocycles. The number of carbonyl (C=O) groups is 1. The number of carbonyl (C=O) groups excluding carboxylic acids is 1. The van der Waals surface area contributed by atoms with E-state index in [2.05, 4.69) is 45.7 Å². The SMILES string of the molecule is CC(C)C1CCN(C(=O)c2cc(Br)sc2Br)C1. The summed E-state index contributed by atoms with van der Waals surface area (Å²) in [6, 6.07) is 1.90. The molecule has 2 nitrogen and oxygen atoms in total. The molecule has 1 atom stereocenters. The molecular formula is C12H15Br2NOS. The molecule has 0 aliphatic carbocycles. The Balaban J connectivity index is 2.09. The van der Waals surface area contributed by atoms with E-state index in [4.69, 9.17) is 0 Å². The number of hydrogen-bond acceptors (Lipinski definition) is 2. The molecule has 2 heterocycles. The number of rotatable bonds is 2. The fourth-order valence-corrected chi connectivity index (χ4v) is 4.95. The van der Waals surface area contributed by atoms with Crippen molar-refractivity contribution >= 4 is 49.1 Å². The number of nitrogens with zero attached hydrogens (tertiary/aromatic N) is 1. The normalized spacial score (nSPS) is 20.3. The summed E-state index contributed by atoms with van der Waals surface area (Å²) in [4.78, 5) is 14.3. The Morgan fingerprint density at radius 1 is 1.53 bits per heavy atom. The van der Waals surface area contributed by atoms with Crippen LogP contribution in [0.5, 0.6) is 0 Å². The number of amides is 1. The highest BCUT2D eigenvalue weighted by molar-refractivity contribution is 9.12. The second-order valence-corrected chi connectivity index (χ2v) is 8.53. The van der Waals surface area contributed by atoms with Gasteiger partial charge in [0.1, 0.15) is 0 Å². The van der Waals surface area contributed by atoms with E-state index in [-0.39, 0.29) is 5.91 Å². The van der Waals surface area contributed by atoms with Crippen LogP contribution in [0.15, 0.2) is 13.6 Å². The van der Waals surface area contributed by atoms with Crippen molar-refractivity contribution in [3.05, 3.63) is 19.2 Å². The molecule has 0 radical (unpaired) electrons. The maximum absolute atomic E-state index is 12.3. The van der Waals surface area contributed by atoms with Crippen molar-refractivity contribution in [3.63, 3.8) is 0 Å². The highest BCUT2D eigenvalue weighted by Crippen LogP contribution is 2.34. The van der Waals surface area contributed by atoms with E-state index in [1.54, 1.807) is 11.3 Å². The Morgan fingerprint density at radius 3 is 2.71 bits per heavy atom. The lowest BCUT2D eigenvalue weighted by molar-refractivity contribution is 0.0783. The topological polar surface area (TPSA) is 20.3 Å². The summed E-state index contributed by atoms with van der Waals surface area (Å²) in [6.45, 7) is 6.25. The fourth-order valence-electron chi connectivity index (χ4n) is 2.17. The lowest BCUT2D eigenvalue weighted by Gasteiger charge is -2.17. The van der Waals surface area contributed by atoms with Crippen molar-refractivity contribution in [2.24, 2.45) is 11.8 Å². The smallest absolute Gasteiger partial charge is 0.255 e. The third kappa shape index (κ3) is 2.93. The summed E-state index contributed by atoms with van der Waals surface area (Å²) < 4.78 is 1.91. The van der Waals surface area contributed by atoms with Crippen molar-refractivity contribution < 1.29 is 4.79 Å². The maximum Gasteiger partial charge on any atom is 0.255 e. The Morgan fingerprint density at radius 2 is 2.24 bits per heavy atom. The van der Waals surface area contributed by atoms with Crippen LogP contribution in [-0.2, 0) is 0 Å². The van der Waals surface area contributed by atoms with Crippen LogP contribution in [0.2, 0.25) is 0 Å². The fraction of sp³-hybridized carbons (Fsp3) is 0.583. The van der Waals surface area contributed by atoms with Crippen LogP contribution in [0.4, 0.5) is 0 Å². The zero-order valence-electron chi connectivity index (χ0n) is 9.87. The van der Waals surface area contributed by atoms with Crippen LogP contribution in [0.1, 0.15) is 30.6 Å². The molecule has 1 unspecified atom stereocenters. The first kappa shape index (κ1) is 13.6. The molecule has 1 saturated heterocycles. The molecule has 0 bridgehead atoms. The average molecular weight is 381 g/mol. The molecule has 0 saturated carbocycles. The van der Waals surface area contributed by atoms with Crippen LogP contribution in [0.3, 0.4) is 0 Å². The quantitative estimate of drug-likeness (QED) is 0.744. The van der Waals surface area contributed by atoms with Crippen molar-refractivity contribution in [2.75, 3.05) is 13.1 Å². The van der Waals surface area contributed by atoms with E-state index >= 15 is 0 Å². The zero-order valence-corrected chi connectivity index (χ0v) is 13.9. The maximum atomic E-state index is 12.3. The van der Waals surface area contributed by atoms with Crippen molar-refractivity contribution in [2.45, 2.75) is 20.3 Å². The van der Waals surface area contributed by atoms with Gasteiger partial charge in [0.2, 0.25) is 0 Å². The summed E-state index contributed by atoms with van der Waals surface area (Å²) in [5, 5.41) is 0. The van der Waals surface area contributed by atoms with Gasteiger partial charge in [-0.25, -0.2) is 0 Å². The van der Waals surface area contributed by atoms with Crippen LogP contribution >= 0.6 is 43.2 Å². The third-order valence-electron chi connectivity index (χ3n) is 3.34. The number of thiophene rings is 1. The van der Waals surface area contributed by atoms with Gasteiger partial charge < -0.3 is 4.90 Å². The Labute approximate surface area is 123 Å². The van der Waals surface area contributed by atoms with E-state index in [9.17, 15) is 4.79 Å². The van der Waals surface area contributed by atoms with Crippen molar-refractivity contribution in [1.82, 2.24) is 4.90 Å². The standard InChI is InChI=1S/C12H15Br2NOS/c1-7(2)8-3-4-15(6-8)12(16)9-5-10(13)17-11(9)14/h5,7-8H,3-4,6H2,1-2H3. The molecule has 1 aliphatic rings. The molecule has 17 heavy (non-hydrogen) atoms. The first-order chi connectivity index (χ1) is 7.99. The summed E-state index contributed by atoms with van der Waals surface area (Å²) in [6.07, 6.45) is 1.13. The van der Waals surface area contributed by atoms with Gasteiger partial charge in [0.05, 0.1) is 13.1 Å². The number of likely N-dealkylation sites (tertiary alicyclic amines) is 1. The average Bonchev–Trinajstić information content (AvgIpc) is 2.84.